The highest BCUT2D eigenvalue weighted by molar-refractivity contribution is 8.77. The van der Waals surface area contributed by atoms with E-state index in [1.54, 1.807) is 45.0 Å². The van der Waals surface area contributed by atoms with Crippen molar-refractivity contribution in [1.29, 1.82) is 0 Å². The minimum atomic E-state index is -0.746. The fourth-order valence-electron chi connectivity index (χ4n) is 2.29. The number of hydrazine groups is 1. The molecule has 3 N–H and O–H groups in total. The summed E-state index contributed by atoms with van der Waals surface area (Å²) < 4.78 is 10.7. The lowest BCUT2D eigenvalue weighted by molar-refractivity contribution is -0.116. The van der Waals surface area contributed by atoms with E-state index in [1.165, 1.54) is 0 Å². The monoisotopic (exact) mass is 441 g/mol. The zero-order chi connectivity index (χ0) is 21.3. The van der Waals surface area contributed by atoms with Crippen molar-refractivity contribution in [2.75, 3.05) is 23.4 Å². The molecule has 1 aromatic rings. The molecule has 2 rings (SSSR count). The van der Waals surface area contributed by atoms with Gasteiger partial charge in [-0.3, -0.25) is 15.0 Å². The van der Waals surface area contributed by atoms with Crippen LogP contribution in [0.3, 0.4) is 0 Å². The molecule has 0 aliphatic carbocycles. The van der Waals surface area contributed by atoms with Gasteiger partial charge in [0.15, 0.2) is 0 Å². The molecule has 3 amide bonds. The molecular weight excluding hydrogens is 414 g/mol. The summed E-state index contributed by atoms with van der Waals surface area (Å²) in [6.45, 7) is 5.75. The number of carbonyl (C=O) groups is 3. The summed E-state index contributed by atoms with van der Waals surface area (Å²) in [7, 11) is 3.63. The van der Waals surface area contributed by atoms with E-state index in [1.807, 2.05) is 21.6 Å². The van der Waals surface area contributed by atoms with Crippen molar-refractivity contribution in [3.05, 3.63) is 29.8 Å². The van der Waals surface area contributed by atoms with Crippen LogP contribution in [-0.4, -0.2) is 47.7 Å². The highest BCUT2D eigenvalue weighted by Gasteiger charge is 2.17. The fourth-order valence-corrected chi connectivity index (χ4v) is 4.85. The summed E-state index contributed by atoms with van der Waals surface area (Å²) in [5, 5.41) is 2.79. The van der Waals surface area contributed by atoms with Gasteiger partial charge in [0.25, 0.3) is 5.91 Å². The third kappa shape index (κ3) is 9.42. The van der Waals surface area contributed by atoms with Crippen molar-refractivity contribution < 1.29 is 23.9 Å². The molecule has 29 heavy (non-hydrogen) atoms. The molecule has 1 saturated heterocycles. The largest absolute Gasteiger partial charge is 0.443 e. The highest BCUT2D eigenvalue weighted by atomic mass is 33.1. The molecule has 0 bridgehead atoms. The van der Waals surface area contributed by atoms with Gasteiger partial charge in [0, 0.05) is 35.8 Å². The Bertz CT molecular complexity index is 701. The summed E-state index contributed by atoms with van der Waals surface area (Å²) >= 11 is 0. The van der Waals surface area contributed by atoms with Gasteiger partial charge in [-0.25, -0.2) is 10.2 Å². The first-order chi connectivity index (χ1) is 13.7. The number of ether oxygens (including phenoxy) is 2. The van der Waals surface area contributed by atoms with Gasteiger partial charge in [-0.2, -0.15) is 0 Å². The highest BCUT2D eigenvalue weighted by Crippen LogP contribution is 2.32. The van der Waals surface area contributed by atoms with Crippen molar-refractivity contribution >= 4 is 45.2 Å². The van der Waals surface area contributed by atoms with Crippen molar-refractivity contribution in [2.45, 2.75) is 45.3 Å². The first-order valence-corrected chi connectivity index (χ1v) is 11.8. The SMILES string of the molecule is CC(C)(C)OC(=O)NNC(=O)c1ccc(NC(=O)CCCOC2CSSC2)cc1. The standard InChI is InChI=1S/C19H27N3O5S2/c1-19(2,3)27-18(25)22-21-17(24)13-6-8-14(9-7-13)20-16(23)5-4-10-26-15-11-28-29-12-15/h6-9,15H,4-5,10-12H2,1-3H3,(H,20,23)(H,21,24)(H,22,25). The van der Waals surface area contributed by atoms with E-state index in [0.29, 0.717) is 30.7 Å². The molecular formula is C19H27N3O5S2. The van der Waals surface area contributed by atoms with Crippen molar-refractivity contribution in [2.24, 2.45) is 0 Å². The van der Waals surface area contributed by atoms with Crippen molar-refractivity contribution in [1.82, 2.24) is 10.9 Å². The minimum absolute atomic E-state index is 0.104. The van der Waals surface area contributed by atoms with Crippen LogP contribution in [0, 0.1) is 0 Å². The molecule has 1 aliphatic rings. The number of nitrogens with one attached hydrogen (secondary N) is 3. The topological polar surface area (TPSA) is 106 Å². The van der Waals surface area contributed by atoms with Gasteiger partial charge < -0.3 is 14.8 Å². The van der Waals surface area contributed by atoms with Crippen LogP contribution in [0.2, 0.25) is 0 Å². The maximum Gasteiger partial charge on any atom is 0.426 e. The van der Waals surface area contributed by atoms with Crippen LogP contribution >= 0.6 is 21.6 Å². The normalized spacial score (nSPS) is 14.3. The Hall–Kier alpha value is -1.91. The number of hydrogen-bond acceptors (Lipinski definition) is 7. The smallest absolute Gasteiger partial charge is 0.426 e. The summed E-state index contributed by atoms with van der Waals surface area (Å²) in [6.07, 6.45) is 0.574. The lowest BCUT2D eigenvalue weighted by Gasteiger charge is -2.19. The van der Waals surface area contributed by atoms with Crippen LogP contribution in [0.15, 0.2) is 24.3 Å². The number of amides is 3. The molecule has 160 valence electrons. The number of carbonyl (C=O) groups excluding carboxylic acids is 3. The van der Waals surface area contributed by atoms with Gasteiger partial charge in [0.1, 0.15) is 5.60 Å². The summed E-state index contributed by atoms with van der Waals surface area (Å²) in [5.74, 6) is 1.41. The molecule has 0 spiro atoms. The van der Waals surface area contributed by atoms with Crippen LogP contribution in [0.1, 0.15) is 44.0 Å². The second-order valence-electron chi connectivity index (χ2n) is 7.37. The molecule has 0 saturated carbocycles. The van der Waals surface area contributed by atoms with E-state index >= 15 is 0 Å². The van der Waals surface area contributed by atoms with Gasteiger partial charge in [0.2, 0.25) is 5.91 Å². The van der Waals surface area contributed by atoms with Gasteiger partial charge in [-0.1, -0.05) is 21.6 Å². The molecule has 0 unspecified atom stereocenters. The van der Waals surface area contributed by atoms with Crippen molar-refractivity contribution in [3.63, 3.8) is 0 Å². The zero-order valence-corrected chi connectivity index (χ0v) is 18.4. The zero-order valence-electron chi connectivity index (χ0n) is 16.8. The van der Waals surface area contributed by atoms with E-state index in [4.69, 9.17) is 9.47 Å². The minimum Gasteiger partial charge on any atom is -0.443 e. The average Bonchev–Trinajstić information content (AvgIpc) is 3.16. The Balaban J connectivity index is 1.68. The maximum atomic E-state index is 12.0. The fraction of sp³-hybridized carbons (Fsp3) is 0.526. The number of hydrogen-bond donors (Lipinski definition) is 3. The Morgan fingerprint density at radius 2 is 1.72 bits per heavy atom. The molecule has 10 heteroatoms. The lowest BCUT2D eigenvalue weighted by atomic mass is 10.2. The first-order valence-electron chi connectivity index (χ1n) is 9.28. The molecule has 1 fully saturated rings. The van der Waals surface area contributed by atoms with Crippen molar-refractivity contribution in [3.8, 4) is 0 Å². The Morgan fingerprint density at radius 1 is 1.07 bits per heavy atom. The van der Waals surface area contributed by atoms with Gasteiger partial charge in [-0.15, -0.1) is 0 Å². The van der Waals surface area contributed by atoms with E-state index in [2.05, 4.69) is 16.2 Å². The van der Waals surface area contributed by atoms with Crippen LogP contribution in [0.25, 0.3) is 0 Å². The van der Waals surface area contributed by atoms with Crippen LogP contribution in [0.4, 0.5) is 10.5 Å². The molecule has 0 radical (unpaired) electrons. The van der Waals surface area contributed by atoms with E-state index in [9.17, 15) is 14.4 Å². The quantitative estimate of drug-likeness (QED) is 0.338. The Morgan fingerprint density at radius 3 is 2.34 bits per heavy atom. The predicted octanol–water partition coefficient (Wildman–Crippen LogP) is 3.36. The summed E-state index contributed by atoms with van der Waals surface area (Å²) in [6, 6.07) is 6.37. The molecule has 1 heterocycles. The average molecular weight is 442 g/mol. The second-order valence-corrected chi connectivity index (χ2v) is 9.92. The van der Waals surface area contributed by atoms with E-state index in [0.717, 1.165) is 11.5 Å². The summed E-state index contributed by atoms with van der Waals surface area (Å²) in [5.41, 5.74) is 4.73. The first kappa shape index (κ1) is 23.4. The molecule has 1 aromatic carbocycles. The third-order valence-electron chi connectivity index (χ3n) is 3.60. The number of anilines is 1. The molecule has 0 atom stereocenters. The predicted molar refractivity (Wildman–Crippen MR) is 116 cm³/mol. The molecule has 1 aliphatic heterocycles. The van der Waals surface area contributed by atoms with E-state index < -0.39 is 17.6 Å². The van der Waals surface area contributed by atoms with Crippen LogP contribution in [-0.2, 0) is 14.3 Å². The van der Waals surface area contributed by atoms with Gasteiger partial charge in [0.05, 0.1) is 6.10 Å². The summed E-state index contributed by atoms with van der Waals surface area (Å²) in [4.78, 5) is 35.6. The Kier molecular flexibility index (Phi) is 9.12. The van der Waals surface area contributed by atoms with Gasteiger partial charge >= 0.3 is 6.09 Å². The number of benzene rings is 1. The number of rotatable bonds is 7. The maximum absolute atomic E-state index is 12.0. The lowest BCUT2D eigenvalue weighted by Crippen LogP contribution is -2.44. The second kappa shape index (κ2) is 11.3. The van der Waals surface area contributed by atoms with Crippen LogP contribution in [0.5, 0.6) is 0 Å². The van der Waals surface area contributed by atoms with Crippen LogP contribution < -0.4 is 16.2 Å². The van der Waals surface area contributed by atoms with E-state index in [-0.39, 0.29) is 12.0 Å². The molecule has 8 nitrogen and oxygen atoms in total. The molecule has 0 aromatic heterocycles. The third-order valence-corrected chi connectivity index (χ3v) is 6.10. The van der Waals surface area contributed by atoms with Gasteiger partial charge in [-0.05, 0) is 51.5 Å². The Labute approximate surface area is 178 Å².